The predicted molar refractivity (Wildman–Crippen MR) is 105 cm³/mol. The van der Waals surface area contributed by atoms with Gasteiger partial charge in [0.05, 0.1) is 15.8 Å². The van der Waals surface area contributed by atoms with Gasteiger partial charge in [-0.1, -0.05) is 12.1 Å². The Morgan fingerprint density at radius 2 is 1.86 bits per heavy atom. The molecule has 0 spiro atoms. The second-order valence-corrected chi connectivity index (χ2v) is 9.19. The molecule has 9 heteroatoms. The zero-order valence-corrected chi connectivity index (χ0v) is 16.8. The minimum Gasteiger partial charge on any atom is -0.410 e. The van der Waals surface area contributed by atoms with Crippen molar-refractivity contribution in [2.45, 2.75) is 31.2 Å². The molecule has 0 radical (unpaired) electrons. The molecule has 0 atom stereocenters. The Balaban J connectivity index is 2.15. The molecular weight excluding hydrogens is 399 g/mol. The lowest BCUT2D eigenvalue weighted by Crippen LogP contribution is -2.42. The van der Waals surface area contributed by atoms with Crippen LogP contribution in [0.5, 0.6) is 5.75 Å². The van der Waals surface area contributed by atoms with Crippen molar-refractivity contribution in [3.05, 3.63) is 60.0 Å². The molecule has 0 aliphatic rings. The Bertz CT molecular complexity index is 1210. The van der Waals surface area contributed by atoms with E-state index >= 15 is 0 Å². The van der Waals surface area contributed by atoms with Gasteiger partial charge in [-0.05, 0) is 51.1 Å². The average molecular weight is 418 g/mol. The van der Waals surface area contributed by atoms with Crippen molar-refractivity contribution in [2.75, 3.05) is 0 Å². The summed E-state index contributed by atoms with van der Waals surface area (Å²) in [4.78, 5) is 23.5. The number of benzene rings is 2. The standard InChI is InChI=1S/C20H19FN2O5S/c1-20(2,3)22-19(25)28-17-9-5-8-16-18(17)13(12-24)11-23(16)29(26,27)15-7-4-6-14(21)10-15/h4-12H,1-3H3,(H,22,25). The number of fused-ring (bicyclic) bond motifs is 1. The first-order valence-corrected chi connectivity index (χ1v) is 10.1. The highest BCUT2D eigenvalue weighted by Gasteiger charge is 2.24. The third-order valence-corrected chi connectivity index (χ3v) is 5.62. The maximum absolute atomic E-state index is 13.5. The third kappa shape index (κ3) is 4.14. The van der Waals surface area contributed by atoms with Crippen molar-refractivity contribution in [3.8, 4) is 5.75 Å². The van der Waals surface area contributed by atoms with Gasteiger partial charge in [0.25, 0.3) is 10.0 Å². The number of hydrogen-bond acceptors (Lipinski definition) is 5. The Morgan fingerprint density at radius 3 is 2.48 bits per heavy atom. The zero-order valence-electron chi connectivity index (χ0n) is 16.0. The largest absolute Gasteiger partial charge is 0.413 e. The van der Waals surface area contributed by atoms with Crippen molar-refractivity contribution in [2.24, 2.45) is 0 Å². The Hall–Kier alpha value is -3.20. The summed E-state index contributed by atoms with van der Waals surface area (Å²) in [5.74, 6) is -0.680. The molecule has 0 saturated carbocycles. The van der Waals surface area contributed by atoms with Crippen LogP contribution in [0.3, 0.4) is 0 Å². The molecule has 0 saturated heterocycles. The molecule has 1 heterocycles. The minimum atomic E-state index is -4.19. The predicted octanol–water partition coefficient (Wildman–Crippen LogP) is 3.72. The van der Waals surface area contributed by atoms with Crippen molar-refractivity contribution >= 4 is 33.3 Å². The van der Waals surface area contributed by atoms with E-state index < -0.39 is 27.5 Å². The van der Waals surface area contributed by atoms with Crippen LogP contribution in [-0.2, 0) is 10.0 Å². The van der Waals surface area contributed by atoms with Crippen molar-refractivity contribution in [1.82, 2.24) is 9.29 Å². The van der Waals surface area contributed by atoms with Gasteiger partial charge >= 0.3 is 6.09 Å². The Morgan fingerprint density at radius 1 is 1.17 bits per heavy atom. The van der Waals surface area contributed by atoms with Gasteiger partial charge in [-0.15, -0.1) is 0 Å². The summed E-state index contributed by atoms with van der Waals surface area (Å²) in [5.41, 5.74) is -0.415. The topological polar surface area (TPSA) is 94.5 Å². The number of ether oxygens (including phenoxy) is 1. The van der Waals surface area contributed by atoms with Gasteiger partial charge in [0.15, 0.2) is 6.29 Å². The molecule has 1 aromatic heterocycles. The second kappa shape index (κ2) is 7.32. The first-order chi connectivity index (χ1) is 13.5. The lowest BCUT2D eigenvalue weighted by Gasteiger charge is -2.20. The molecule has 7 nitrogen and oxygen atoms in total. The van der Waals surface area contributed by atoms with E-state index in [1.165, 1.54) is 30.3 Å². The van der Waals surface area contributed by atoms with Crippen LogP contribution in [0.4, 0.5) is 9.18 Å². The summed E-state index contributed by atoms with van der Waals surface area (Å²) >= 11 is 0. The molecule has 152 valence electrons. The SMILES string of the molecule is CC(C)(C)NC(=O)Oc1cccc2c1c(C=O)cn2S(=O)(=O)c1cccc(F)c1. The summed E-state index contributed by atoms with van der Waals surface area (Å²) in [5, 5.41) is 2.78. The van der Waals surface area contributed by atoms with E-state index in [-0.39, 0.29) is 27.1 Å². The Kier molecular flexibility index (Phi) is 5.18. The maximum Gasteiger partial charge on any atom is 0.413 e. The second-order valence-electron chi connectivity index (χ2n) is 7.38. The number of rotatable bonds is 4. The molecule has 3 rings (SSSR count). The monoisotopic (exact) mass is 418 g/mol. The van der Waals surface area contributed by atoms with Crippen LogP contribution in [-0.4, -0.2) is 30.3 Å². The normalized spacial score (nSPS) is 12.0. The van der Waals surface area contributed by atoms with Gasteiger partial charge in [0.1, 0.15) is 11.6 Å². The van der Waals surface area contributed by atoms with Crippen molar-refractivity contribution in [3.63, 3.8) is 0 Å². The van der Waals surface area contributed by atoms with Crippen LogP contribution >= 0.6 is 0 Å². The lowest BCUT2D eigenvalue weighted by molar-refractivity contribution is 0.112. The summed E-state index contributed by atoms with van der Waals surface area (Å²) in [6.45, 7) is 5.31. The van der Waals surface area contributed by atoms with E-state index in [0.29, 0.717) is 6.29 Å². The van der Waals surface area contributed by atoms with E-state index in [0.717, 1.165) is 22.3 Å². The van der Waals surface area contributed by atoms with Gasteiger partial charge in [-0.25, -0.2) is 21.6 Å². The van der Waals surface area contributed by atoms with Crippen molar-refractivity contribution in [1.29, 1.82) is 0 Å². The fourth-order valence-corrected chi connectivity index (χ4v) is 4.20. The lowest BCUT2D eigenvalue weighted by atomic mass is 10.1. The van der Waals surface area contributed by atoms with Crippen LogP contribution in [0.1, 0.15) is 31.1 Å². The summed E-state index contributed by atoms with van der Waals surface area (Å²) in [7, 11) is -4.19. The molecule has 0 unspecified atom stereocenters. The van der Waals surface area contributed by atoms with Gasteiger partial charge in [-0.3, -0.25) is 4.79 Å². The van der Waals surface area contributed by atoms with Gasteiger partial charge < -0.3 is 10.1 Å². The van der Waals surface area contributed by atoms with Crippen LogP contribution in [0.25, 0.3) is 10.9 Å². The molecule has 29 heavy (non-hydrogen) atoms. The molecule has 3 aromatic rings. The number of aromatic nitrogens is 1. The Labute approximate surface area is 167 Å². The minimum absolute atomic E-state index is 0.0131. The molecular formula is C20H19FN2O5S. The number of carbonyl (C=O) groups excluding carboxylic acids is 2. The van der Waals surface area contributed by atoms with Crippen LogP contribution in [0, 0.1) is 5.82 Å². The molecule has 2 aromatic carbocycles. The maximum atomic E-state index is 13.5. The van der Waals surface area contributed by atoms with Gasteiger partial charge in [0.2, 0.25) is 0 Å². The molecule has 1 amide bonds. The first-order valence-electron chi connectivity index (χ1n) is 8.63. The van der Waals surface area contributed by atoms with Gasteiger partial charge in [-0.2, -0.15) is 0 Å². The number of aldehydes is 1. The first kappa shape index (κ1) is 20.5. The number of carbonyl (C=O) groups is 2. The third-order valence-electron chi connectivity index (χ3n) is 3.95. The smallest absolute Gasteiger partial charge is 0.410 e. The zero-order chi connectivity index (χ0) is 21.4. The van der Waals surface area contributed by atoms with E-state index in [2.05, 4.69) is 5.32 Å². The van der Waals surface area contributed by atoms with Crippen LogP contribution in [0.2, 0.25) is 0 Å². The summed E-state index contributed by atoms with van der Waals surface area (Å²) in [6.07, 6.45) is 0.837. The van der Waals surface area contributed by atoms with Crippen molar-refractivity contribution < 1.29 is 27.1 Å². The van der Waals surface area contributed by atoms with E-state index in [1.54, 1.807) is 20.8 Å². The van der Waals surface area contributed by atoms with Gasteiger partial charge in [0, 0.05) is 17.3 Å². The molecule has 0 fully saturated rings. The molecule has 0 aliphatic heterocycles. The highest BCUT2D eigenvalue weighted by molar-refractivity contribution is 7.90. The quantitative estimate of drug-likeness (QED) is 0.652. The molecule has 0 aliphatic carbocycles. The van der Waals surface area contributed by atoms with Crippen LogP contribution < -0.4 is 10.1 Å². The van der Waals surface area contributed by atoms with E-state index in [4.69, 9.17) is 4.74 Å². The number of nitrogens with one attached hydrogen (secondary N) is 1. The summed E-state index contributed by atoms with van der Waals surface area (Å²) < 4.78 is 45.8. The highest BCUT2D eigenvalue weighted by atomic mass is 32.2. The number of nitrogens with zero attached hydrogens (tertiary/aromatic N) is 1. The number of amides is 1. The van der Waals surface area contributed by atoms with E-state index in [1.807, 2.05) is 0 Å². The highest BCUT2D eigenvalue weighted by Crippen LogP contribution is 2.32. The number of hydrogen-bond donors (Lipinski definition) is 1. The summed E-state index contributed by atoms with van der Waals surface area (Å²) in [6, 6.07) is 8.96. The fourth-order valence-electron chi connectivity index (χ4n) is 2.80. The van der Waals surface area contributed by atoms with E-state index in [9.17, 15) is 22.4 Å². The average Bonchev–Trinajstić information content (AvgIpc) is 3.00. The number of halogens is 1. The molecule has 0 bridgehead atoms. The molecule has 1 N–H and O–H groups in total. The van der Waals surface area contributed by atoms with Crippen LogP contribution in [0.15, 0.2) is 53.6 Å². The fraction of sp³-hybridized carbons (Fsp3) is 0.200.